The highest BCUT2D eigenvalue weighted by atomic mass is 35.5. The Labute approximate surface area is 118 Å². The highest BCUT2D eigenvalue weighted by Crippen LogP contribution is 2.29. The van der Waals surface area contributed by atoms with Gasteiger partial charge in [-0.2, -0.15) is 0 Å². The summed E-state index contributed by atoms with van der Waals surface area (Å²) in [6.07, 6.45) is 0. The Hall–Kier alpha value is -2.35. The van der Waals surface area contributed by atoms with E-state index in [2.05, 4.69) is 5.32 Å². The van der Waals surface area contributed by atoms with E-state index in [9.17, 15) is 19.7 Å². The molecule has 0 heterocycles. The van der Waals surface area contributed by atoms with Crippen molar-refractivity contribution in [2.75, 3.05) is 6.61 Å². The number of hydrogen-bond acceptors (Lipinski definition) is 5. The van der Waals surface area contributed by atoms with Gasteiger partial charge in [0.1, 0.15) is 6.61 Å². The molecule has 0 fully saturated rings. The molecule has 1 amide bonds. The lowest BCUT2D eigenvalue weighted by molar-refractivity contribution is -0.385. The molecule has 0 aliphatic rings. The summed E-state index contributed by atoms with van der Waals surface area (Å²) in [5.41, 5.74) is -0.385. The van der Waals surface area contributed by atoms with Gasteiger partial charge in [0, 0.05) is 18.0 Å². The van der Waals surface area contributed by atoms with E-state index < -0.39 is 29.4 Å². The third-order valence-electron chi connectivity index (χ3n) is 2.20. The van der Waals surface area contributed by atoms with Gasteiger partial charge in [-0.3, -0.25) is 14.9 Å². The first-order chi connectivity index (χ1) is 9.31. The molecule has 0 spiro atoms. The number of rotatable bonds is 6. The van der Waals surface area contributed by atoms with Crippen LogP contribution in [0.4, 0.5) is 5.69 Å². The van der Waals surface area contributed by atoms with Crippen LogP contribution >= 0.6 is 11.6 Å². The highest BCUT2D eigenvalue weighted by Gasteiger charge is 2.22. The molecule has 0 aliphatic carbocycles. The Morgan fingerprint density at radius 2 is 2.20 bits per heavy atom. The van der Waals surface area contributed by atoms with Gasteiger partial charge >= 0.3 is 11.7 Å². The van der Waals surface area contributed by atoms with Crippen molar-refractivity contribution in [3.05, 3.63) is 33.3 Å². The molecule has 1 atom stereocenters. The number of nitrogens with zero attached hydrogens (tertiary/aromatic N) is 1. The van der Waals surface area contributed by atoms with Crippen LogP contribution in [0.3, 0.4) is 0 Å². The van der Waals surface area contributed by atoms with Gasteiger partial charge in [0.15, 0.2) is 11.8 Å². The molecule has 0 bridgehead atoms. The van der Waals surface area contributed by atoms with E-state index in [0.29, 0.717) is 0 Å². The van der Waals surface area contributed by atoms with Gasteiger partial charge in [0.05, 0.1) is 4.92 Å². The highest BCUT2D eigenvalue weighted by molar-refractivity contribution is 6.30. The summed E-state index contributed by atoms with van der Waals surface area (Å²) >= 11 is 5.63. The summed E-state index contributed by atoms with van der Waals surface area (Å²) in [6.45, 7) is 0.706. The summed E-state index contributed by atoms with van der Waals surface area (Å²) < 4.78 is 5.08. The van der Waals surface area contributed by atoms with Gasteiger partial charge in [-0.25, -0.2) is 4.79 Å². The Balaban J connectivity index is 2.85. The first-order valence-corrected chi connectivity index (χ1v) is 5.75. The van der Waals surface area contributed by atoms with Crippen LogP contribution in [-0.2, 0) is 9.59 Å². The molecule has 0 radical (unpaired) electrons. The van der Waals surface area contributed by atoms with Crippen molar-refractivity contribution in [2.24, 2.45) is 0 Å². The molecular weight excluding hydrogens is 292 g/mol. The molecule has 20 heavy (non-hydrogen) atoms. The molecule has 9 heteroatoms. The molecule has 1 aromatic carbocycles. The summed E-state index contributed by atoms with van der Waals surface area (Å²) in [5.74, 6) is -1.99. The Bertz CT molecular complexity index is 548. The maximum atomic E-state index is 10.9. The van der Waals surface area contributed by atoms with Crippen LogP contribution in [0.2, 0.25) is 5.02 Å². The van der Waals surface area contributed by atoms with Gasteiger partial charge in [-0.15, -0.1) is 0 Å². The topological polar surface area (TPSA) is 119 Å². The van der Waals surface area contributed by atoms with Gasteiger partial charge in [0.25, 0.3) is 0 Å². The minimum Gasteiger partial charge on any atom is -0.484 e. The van der Waals surface area contributed by atoms with Crippen molar-refractivity contribution in [3.63, 3.8) is 0 Å². The standard InChI is InChI=1S/C11H11ClN2O6/c1-6(15)13-8(11(16)17)5-20-10-3-2-7(12)4-9(10)14(18)19/h2-4,8H,5H2,1H3,(H,13,15)(H,16,17). The number of halogens is 1. The Morgan fingerprint density at radius 3 is 2.70 bits per heavy atom. The van der Waals surface area contributed by atoms with Gasteiger partial charge in [0.2, 0.25) is 5.91 Å². The van der Waals surface area contributed by atoms with Crippen molar-refractivity contribution in [1.29, 1.82) is 0 Å². The number of nitrogens with one attached hydrogen (secondary N) is 1. The average molecular weight is 303 g/mol. The molecule has 0 aliphatic heterocycles. The molecule has 2 N–H and O–H groups in total. The molecule has 8 nitrogen and oxygen atoms in total. The van der Waals surface area contributed by atoms with Gasteiger partial charge in [-0.1, -0.05) is 11.6 Å². The zero-order valence-corrected chi connectivity index (χ0v) is 11.1. The van der Waals surface area contributed by atoms with Crippen LogP contribution in [0.25, 0.3) is 0 Å². The van der Waals surface area contributed by atoms with Crippen LogP contribution in [0, 0.1) is 10.1 Å². The first kappa shape index (κ1) is 15.7. The van der Waals surface area contributed by atoms with Crippen molar-refractivity contribution >= 4 is 29.2 Å². The predicted molar refractivity (Wildman–Crippen MR) is 68.8 cm³/mol. The SMILES string of the molecule is CC(=O)NC(COc1ccc(Cl)cc1[N+](=O)[O-])C(=O)O. The third kappa shape index (κ3) is 4.39. The number of nitro groups is 1. The fourth-order valence-electron chi connectivity index (χ4n) is 1.35. The number of benzene rings is 1. The number of nitro benzene ring substituents is 1. The number of carboxylic acids is 1. The number of ether oxygens (including phenoxy) is 1. The van der Waals surface area contributed by atoms with Crippen LogP contribution in [0.1, 0.15) is 6.92 Å². The molecule has 1 aromatic rings. The van der Waals surface area contributed by atoms with Crippen LogP contribution in [0.15, 0.2) is 18.2 Å². The van der Waals surface area contributed by atoms with E-state index in [-0.39, 0.29) is 16.5 Å². The van der Waals surface area contributed by atoms with E-state index in [0.717, 1.165) is 13.0 Å². The molecule has 1 unspecified atom stereocenters. The third-order valence-corrected chi connectivity index (χ3v) is 2.43. The fourth-order valence-corrected chi connectivity index (χ4v) is 1.51. The molecule has 0 saturated heterocycles. The number of aliphatic carboxylic acids is 1. The quantitative estimate of drug-likeness (QED) is 0.602. The first-order valence-electron chi connectivity index (χ1n) is 5.38. The molecule has 0 aromatic heterocycles. The average Bonchev–Trinajstić information content (AvgIpc) is 2.34. The van der Waals surface area contributed by atoms with Crippen LogP contribution < -0.4 is 10.1 Å². The molecular formula is C11H11ClN2O6. The summed E-state index contributed by atoms with van der Waals surface area (Å²) in [6, 6.07) is 2.42. The van der Waals surface area contributed by atoms with E-state index in [1.807, 2.05) is 0 Å². The second-order valence-electron chi connectivity index (χ2n) is 3.77. The van der Waals surface area contributed by atoms with E-state index in [1.54, 1.807) is 0 Å². The number of carboxylic acid groups (broad SMARTS) is 1. The summed E-state index contributed by atoms with van der Waals surface area (Å²) in [7, 11) is 0. The lowest BCUT2D eigenvalue weighted by Gasteiger charge is -2.14. The van der Waals surface area contributed by atoms with Crippen LogP contribution in [-0.4, -0.2) is 34.6 Å². The number of carbonyl (C=O) groups excluding carboxylic acids is 1. The monoisotopic (exact) mass is 302 g/mol. The van der Waals surface area contributed by atoms with Crippen molar-refractivity contribution in [1.82, 2.24) is 5.32 Å². The Kier molecular flexibility index (Phi) is 5.27. The molecule has 0 saturated carbocycles. The fraction of sp³-hybridized carbons (Fsp3) is 0.273. The van der Waals surface area contributed by atoms with E-state index >= 15 is 0 Å². The minimum absolute atomic E-state index is 0.129. The summed E-state index contributed by atoms with van der Waals surface area (Å²) in [4.78, 5) is 31.8. The maximum absolute atomic E-state index is 10.9. The van der Waals surface area contributed by atoms with Crippen LogP contribution in [0.5, 0.6) is 5.75 Å². The lowest BCUT2D eigenvalue weighted by Crippen LogP contribution is -2.43. The second-order valence-corrected chi connectivity index (χ2v) is 4.21. The predicted octanol–water partition coefficient (Wildman–Crippen LogP) is 1.22. The lowest BCUT2D eigenvalue weighted by atomic mass is 10.3. The van der Waals surface area contributed by atoms with Crippen molar-refractivity contribution < 1.29 is 24.4 Å². The van der Waals surface area contributed by atoms with E-state index in [4.69, 9.17) is 21.4 Å². The number of hydrogen-bond donors (Lipinski definition) is 2. The molecule has 108 valence electrons. The number of carbonyl (C=O) groups is 2. The van der Waals surface area contributed by atoms with Gasteiger partial charge in [-0.05, 0) is 12.1 Å². The molecule has 1 rings (SSSR count). The largest absolute Gasteiger partial charge is 0.484 e. The maximum Gasteiger partial charge on any atom is 0.329 e. The summed E-state index contributed by atoms with van der Waals surface area (Å²) in [5, 5.41) is 22.0. The minimum atomic E-state index is -1.31. The van der Waals surface area contributed by atoms with Gasteiger partial charge < -0.3 is 15.2 Å². The zero-order chi connectivity index (χ0) is 15.3. The van der Waals surface area contributed by atoms with E-state index in [1.165, 1.54) is 12.1 Å². The van der Waals surface area contributed by atoms with Crippen molar-refractivity contribution in [2.45, 2.75) is 13.0 Å². The normalized spacial score (nSPS) is 11.5. The second kappa shape index (κ2) is 6.71. The smallest absolute Gasteiger partial charge is 0.329 e. The Morgan fingerprint density at radius 1 is 1.55 bits per heavy atom. The number of amides is 1. The van der Waals surface area contributed by atoms with Crippen molar-refractivity contribution in [3.8, 4) is 5.75 Å². The zero-order valence-electron chi connectivity index (χ0n) is 10.3.